The lowest BCUT2D eigenvalue weighted by atomic mass is 10.0. The second kappa shape index (κ2) is 7.87. The number of hydrogen-bond acceptors (Lipinski definition) is 4. The van der Waals surface area contributed by atoms with Gasteiger partial charge in [-0.15, -0.1) is 0 Å². The van der Waals surface area contributed by atoms with Crippen molar-refractivity contribution in [3.8, 4) is 17.3 Å². The van der Waals surface area contributed by atoms with Crippen LogP contribution < -0.4 is 4.74 Å². The fraction of sp³-hybridized carbons (Fsp3) is 0.240. The van der Waals surface area contributed by atoms with E-state index in [0.29, 0.717) is 43.4 Å². The Hall–Kier alpha value is -3.67. The fourth-order valence-corrected chi connectivity index (χ4v) is 4.13. The van der Waals surface area contributed by atoms with Gasteiger partial charge in [-0.3, -0.25) is 4.79 Å². The Bertz CT molecular complexity index is 1260. The summed E-state index contributed by atoms with van der Waals surface area (Å²) in [7, 11) is 2.00. The molecule has 6 heteroatoms. The lowest BCUT2D eigenvalue weighted by Gasteiger charge is -2.29. The molecule has 1 aliphatic heterocycles. The van der Waals surface area contributed by atoms with Gasteiger partial charge in [-0.05, 0) is 31.2 Å². The minimum Gasteiger partial charge on any atom is -0.478 e. The van der Waals surface area contributed by atoms with E-state index < -0.39 is 0 Å². The van der Waals surface area contributed by atoms with Crippen LogP contribution in [0.15, 0.2) is 60.8 Å². The van der Waals surface area contributed by atoms with Crippen LogP contribution in [0.2, 0.25) is 0 Å². The zero-order valence-corrected chi connectivity index (χ0v) is 17.7. The van der Waals surface area contributed by atoms with Gasteiger partial charge in [0.1, 0.15) is 0 Å². The van der Waals surface area contributed by atoms with Gasteiger partial charge >= 0.3 is 0 Å². The maximum atomic E-state index is 13.3. The van der Waals surface area contributed by atoms with Crippen molar-refractivity contribution < 1.29 is 9.53 Å². The summed E-state index contributed by atoms with van der Waals surface area (Å²) in [6, 6.07) is 17.8. The first kappa shape index (κ1) is 19.3. The van der Waals surface area contributed by atoms with Crippen LogP contribution in [0.25, 0.3) is 22.3 Å². The van der Waals surface area contributed by atoms with Crippen molar-refractivity contribution in [2.45, 2.75) is 19.9 Å². The molecule has 0 unspecified atom stereocenters. The average molecular weight is 412 g/mol. The summed E-state index contributed by atoms with van der Waals surface area (Å²) >= 11 is 0. The minimum atomic E-state index is 0.0194. The molecule has 156 valence electrons. The summed E-state index contributed by atoms with van der Waals surface area (Å²) in [4.78, 5) is 24.6. The van der Waals surface area contributed by atoms with E-state index in [1.165, 1.54) is 0 Å². The Kier molecular flexibility index (Phi) is 4.90. The first-order chi connectivity index (χ1) is 15.1. The highest BCUT2D eigenvalue weighted by Gasteiger charge is 2.27. The number of fused-ring (bicyclic) bond motifs is 2. The van der Waals surface area contributed by atoms with E-state index in [1.54, 1.807) is 0 Å². The lowest BCUT2D eigenvalue weighted by molar-refractivity contribution is 0.0731. The third-order valence-corrected chi connectivity index (χ3v) is 5.75. The molecule has 0 bridgehead atoms. The average Bonchev–Trinajstić information content (AvgIpc) is 3.19. The van der Waals surface area contributed by atoms with Crippen LogP contribution in [0.4, 0.5) is 0 Å². The van der Waals surface area contributed by atoms with Crippen LogP contribution >= 0.6 is 0 Å². The largest absolute Gasteiger partial charge is 0.478 e. The summed E-state index contributed by atoms with van der Waals surface area (Å²) in [5, 5.41) is 1.07. The molecule has 6 nitrogen and oxygen atoms in total. The van der Waals surface area contributed by atoms with Gasteiger partial charge < -0.3 is 14.2 Å². The number of carbonyl (C=O) groups is 1. The summed E-state index contributed by atoms with van der Waals surface area (Å²) in [5.74, 6) is 1.26. The molecule has 1 amide bonds. The molecule has 5 rings (SSSR count). The van der Waals surface area contributed by atoms with Gasteiger partial charge in [-0.2, -0.15) is 4.98 Å². The monoisotopic (exact) mass is 412 g/mol. The first-order valence-electron chi connectivity index (χ1n) is 10.6. The Morgan fingerprint density at radius 1 is 1.10 bits per heavy atom. The molecule has 0 aliphatic carbocycles. The quantitative estimate of drug-likeness (QED) is 0.503. The molecule has 3 heterocycles. The minimum absolute atomic E-state index is 0.0194. The summed E-state index contributed by atoms with van der Waals surface area (Å²) in [6.07, 6.45) is 2.68. The third kappa shape index (κ3) is 3.54. The zero-order chi connectivity index (χ0) is 21.4. The van der Waals surface area contributed by atoms with Crippen molar-refractivity contribution in [3.05, 3.63) is 77.6 Å². The van der Waals surface area contributed by atoms with Crippen molar-refractivity contribution in [3.63, 3.8) is 0 Å². The van der Waals surface area contributed by atoms with E-state index in [9.17, 15) is 4.79 Å². The summed E-state index contributed by atoms with van der Waals surface area (Å²) in [5.41, 5.74) is 4.63. The molecule has 0 fully saturated rings. The molecule has 0 radical (unpaired) electrons. The predicted molar refractivity (Wildman–Crippen MR) is 120 cm³/mol. The smallest absolute Gasteiger partial charge is 0.254 e. The van der Waals surface area contributed by atoms with E-state index in [-0.39, 0.29) is 5.91 Å². The highest BCUT2D eigenvalue weighted by molar-refractivity contribution is 5.98. The van der Waals surface area contributed by atoms with Crippen LogP contribution in [0.3, 0.4) is 0 Å². The molecule has 31 heavy (non-hydrogen) atoms. The van der Waals surface area contributed by atoms with E-state index >= 15 is 0 Å². The van der Waals surface area contributed by atoms with Crippen molar-refractivity contribution in [2.24, 2.45) is 7.05 Å². The number of carbonyl (C=O) groups excluding carboxylic acids is 1. The molecule has 1 aliphatic rings. The highest BCUT2D eigenvalue weighted by Crippen LogP contribution is 2.30. The summed E-state index contributed by atoms with van der Waals surface area (Å²) < 4.78 is 7.92. The van der Waals surface area contributed by atoms with E-state index in [1.807, 2.05) is 79.7 Å². The van der Waals surface area contributed by atoms with Gasteiger partial charge in [-0.25, -0.2) is 4.98 Å². The number of ether oxygens (including phenoxy) is 1. The second-order valence-corrected chi connectivity index (χ2v) is 7.75. The lowest BCUT2D eigenvalue weighted by Crippen LogP contribution is -2.37. The number of benzene rings is 2. The molecule has 0 spiro atoms. The normalized spacial score (nSPS) is 13.3. The SMILES string of the molecule is CCOc1nc(-c2ccccc2)nc2c1CN(C(=O)c1ccc3c(ccn3C)c1)CC2. The Labute approximate surface area is 181 Å². The fourth-order valence-electron chi connectivity index (χ4n) is 4.13. The number of aromatic nitrogens is 3. The first-order valence-corrected chi connectivity index (χ1v) is 10.6. The van der Waals surface area contributed by atoms with Crippen LogP contribution in [0, 0.1) is 0 Å². The Morgan fingerprint density at radius 3 is 2.74 bits per heavy atom. The van der Waals surface area contributed by atoms with E-state index in [2.05, 4.69) is 9.55 Å². The number of amides is 1. The summed E-state index contributed by atoms with van der Waals surface area (Å²) in [6.45, 7) is 3.52. The zero-order valence-electron chi connectivity index (χ0n) is 17.7. The topological polar surface area (TPSA) is 60.3 Å². The van der Waals surface area contributed by atoms with E-state index in [4.69, 9.17) is 9.72 Å². The van der Waals surface area contributed by atoms with E-state index in [0.717, 1.165) is 27.7 Å². The van der Waals surface area contributed by atoms with Crippen molar-refractivity contribution in [1.29, 1.82) is 0 Å². The number of rotatable bonds is 4. The molecular weight excluding hydrogens is 388 g/mol. The molecule has 0 N–H and O–H groups in total. The Morgan fingerprint density at radius 2 is 1.94 bits per heavy atom. The molecule has 0 saturated heterocycles. The van der Waals surface area contributed by atoms with Crippen LogP contribution in [0.1, 0.15) is 28.5 Å². The van der Waals surface area contributed by atoms with Crippen LogP contribution in [-0.4, -0.2) is 38.5 Å². The van der Waals surface area contributed by atoms with Gasteiger partial charge in [0.05, 0.1) is 24.4 Å². The number of nitrogens with zero attached hydrogens (tertiary/aromatic N) is 4. The van der Waals surface area contributed by atoms with Gasteiger partial charge in [0.25, 0.3) is 5.91 Å². The van der Waals surface area contributed by atoms with Crippen LogP contribution in [-0.2, 0) is 20.0 Å². The van der Waals surface area contributed by atoms with Crippen molar-refractivity contribution >= 4 is 16.8 Å². The molecule has 0 saturated carbocycles. The molecule has 2 aromatic carbocycles. The van der Waals surface area contributed by atoms with Gasteiger partial charge in [-0.1, -0.05) is 30.3 Å². The number of aryl methyl sites for hydroxylation is 1. The van der Waals surface area contributed by atoms with Crippen LogP contribution in [0.5, 0.6) is 5.88 Å². The maximum Gasteiger partial charge on any atom is 0.254 e. The van der Waals surface area contributed by atoms with Crippen molar-refractivity contribution in [2.75, 3.05) is 13.2 Å². The molecular formula is C25H24N4O2. The highest BCUT2D eigenvalue weighted by atomic mass is 16.5. The predicted octanol–water partition coefficient (Wildman–Crippen LogP) is 4.23. The molecule has 4 aromatic rings. The van der Waals surface area contributed by atoms with Crippen molar-refractivity contribution in [1.82, 2.24) is 19.4 Å². The van der Waals surface area contributed by atoms with Gasteiger partial charge in [0.2, 0.25) is 5.88 Å². The maximum absolute atomic E-state index is 13.3. The Balaban J connectivity index is 1.46. The molecule has 0 atom stereocenters. The molecule has 2 aromatic heterocycles. The van der Waals surface area contributed by atoms with Gasteiger partial charge in [0.15, 0.2) is 5.82 Å². The standard InChI is InChI=1S/C25H24N4O2/c1-3-31-24-20-16-29(25(30)19-9-10-22-18(15-19)11-13-28(22)2)14-12-21(20)26-23(27-24)17-7-5-4-6-8-17/h4-11,13,15H,3,12,14,16H2,1-2H3. The number of hydrogen-bond donors (Lipinski definition) is 0. The van der Waals surface area contributed by atoms with Gasteiger partial charge in [0, 0.05) is 48.2 Å². The second-order valence-electron chi connectivity index (χ2n) is 7.75. The third-order valence-electron chi connectivity index (χ3n) is 5.75.